The number of anilines is 1. The van der Waals surface area contributed by atoms with E-state index in [0.717, 1.165) is 11.3 Å². The summed E-state index contributed by atoms with van der Waals surface area (Å²) in [6.07, 6.45) is 0. The Morgan fingerprint density at radius 3 is 2.68 bits per heavy atom. The van der Waals surface area contributed by atoms with E-state index in [0.29, 0.717) is 20.2 Å². The Morgan fingerprint density at radius 2 is 2.11 bits per heavy atom. The van der Waals surface area contributed by atoms with Crippen LogP contribution in [0.15, 0.2) is 38.3 Å². The van der Waals surface area contributed by atoms with Gasteiger partial charge in [0.1, 0.15) is 9.96 Å². The lowest BCUT2D eigenvalue weighted by Crippen LogP contribution is -2.11. The van der Waals surface area contributed by atoms with Crippen LogP contribution in [0, 0.1) is 0 Å². The summed E-state index contributed by atoms with van der Waals surface area (Å²) in [6.45, 7) is 0. The molecule has 0 fully saturated rings. The molecule has 0 aliphatic rings. The molecule has 1 aromatic heterocycles. The van der Waals surface area contributed by atoms with Gasteiger partial charge in [0.25, 0.3) is 10.0 Å². The highest BCUT2D eigenvalue weighted by Crippen LogP contribution is 2.35. The average molecular weight is 383 g/mol. The number of hydrogen-bond acceptors (Lipinski definition) is 4. The molecule has 1 N–H and O–H groups in total. The van der Waals surface area contributed by atoms with Crippen molar-refractivity contribution in [3.8, 4) is 5.75 Å². The summed E-state index contributed by atoms with van der Waals surface area (Å²) in [7, 11) is -2.12. The number of thiophene rings is 1. The second-order valence-corrected chi connectivity index (χ2v) is 8.21. The van der Waals surface area contributed by atoms with Crippen LogP contribution in [0.3, 0.4) is 0 Å². The molecule has 4 nitrogen and oxygen atoms in total. The zero-order valence-corrected chi connectivity index (χ0v) is 13.7. The molecular formula is C11H9BrClNO3S2. The second-order valence-electron chi connectivity index (χ2n) is 3.52. The number of ether oxygens (including phenoxy) is 1. The van der Waals surface area contributed by atoms with Crippen LogP contribution in [-0.2, 0) is 10.0 Å². The Bertz CT molecular complexity index is 680. The Labute approximate surface area is 128 Å². The molecule has 0 amide bonds. The highest BCUT2D eigenvalue weighted by atomic mass is 79.9. The van der Waals surface area contributed by atoms with E-state index in [4.69, 9.17) is 16.3 Å². The van der Waals surface area contributed by atoms with Gasteiger partial charge in [-0.1, -0.05) is 17.7 Å². The third-order valence-corrected chi connectivity index (χ3v) is 6.54. The molecule has 0 saturated heterocycles. The van der Waals surface area contributed by atoms with Crippen molar-refractivity contribution in [1.29, 1.82) is 0 Å². The minimum absolute atomic E-state index is 0.146. The summed E-state index contributed by atoms with van der Waals surface area (Å²) in [5.74, 6) is 0.575. The van der Waals surface area contributed by atoms with Gasteiger partial charge in [-0.3, -0.25) is 4.72 Å². The molecule has 1 aromatic carbocycles. The molecule has 0 aliphatic heterocycles. The number of methoxy groups -OCH3 is 1. The van der Waals surface area contributed by atoms with Crippen LogP contribution in [0.1, 0.15) is 0 Å². The summed E-state index contributed by atoms with van der Waals surface area (Å²) in [6, 6.07) is 8.08. The number of benzene rings is 1. The van der Waals surface area contributed by atoms with Gasteiger partial charge < -0.3 is 4.74 Å². The van der Waals surface area contributed by atoms with Crippen molar-refractivity contribution in [1.82, 2.24) is 0 Å². The van der Waals surface area contributed by atoms with Gasteiger partial charge in [-0.15, -0.1) is 11.3 Å². The van der Waals surface area contributed by atoms with E-state index in [1.807, 2.05) is 0 Å². The van der Waals surface area contributed by atoms with Crippen molar-refractivity contribution in [3.63, 3.8) is 0 Å². The largest absolute Gasteiger partial charge is 0.497 e. The van der Waals surface area contributed by atoms with Crippen molar-refractivity contribution >= 4 is 54.6 Å². The Hall–Kier alpha value is -0.760. The summed E-state index contributed by atoms with van der Waals surface area (Å²) in [5, 5.41) is 0.371. The van der Waals surface area contributed by atoms with Crippen LogP contribution in [0.25, 0.3) is 0 Å². The second kappa shape index (κ2) is 5.70. The molecular weight excluding hydrogens is 374 g/mol. The van der Waals surface area contributed by atoms with Gasteiger partial charge >= 0.3 is 0 Å². The Morgan fingerprint density at radius 1 is 1.37 bits per heavy atom. The van der Waals surface area contributed by atoms with E-state index in [1.54, 1.807) is 24.3 Å². The first-order valence-electron chi connectivity index (χ1n) is 5.04. The van der Waals surface area contributed by atoms with Crippen LogP contribution in [-0.4, -0.2) is 15.5 Å². The maximum atomic E-state index is 12.1. The van der Waals surface area contributed by atoms with E-state index < -0.39 is 10.0 Å². The van der Waals surface area contributed by atoms with E-state index in [-0.39, 0.29) is 4.21 Å². The quantitative estimate of drug-likeness (QED) is 0.870. The average Bonchev–Trinajstić information content (AvgIpc) is 2.70. The smallest absolute Gasteiger partial charge is 0.271 e. The van der Waals surface area contributed by atoms with Gasteiger partial charge in [0.2, 0.25) is 0 Å². The SMILES string of the molecule is COc1cccc(NS(=O)(=O)c2cc(Cl)c(Br)s2)c1. The summed E-state index contributed by atoms with van der Waals surface area (Å²) in [4.78, 5) is 0. The highest BCUT2D eigenvalue weighted by Gasteiger charge is 2.19. The monoisotopic (exact) mass is 381 g/mol. The molecule has 0 spiro atoms. The van der Waals surface area contributed by atoms with Gasteiger partial charge in [0, 0.05) is 6.07 Å². The predicted molar refractivity (Wildman–Crippen MR) is 80.8 cm³/mol. The fraction of sp³-hybridized carbons (Fsp3) is 0.0909. The van der Waals surface area contributed by atoms with Gasteiger partial charge in [0.05, 0.1) is 21.6 Å². The Kier molecular flexibility index (Phi) is 4.39. The minimum Gasteiger partial charge on any atom is -0.497 e. The van der Waals surface area contributed by atoms with Gasteiger partial charge in [-0.25, -0.2) is 8.42 Å². The van der Waals surface area contributed by atoms with Crippen LogP contribution in [0.5, 0.6) is 5.75 Å². The molecule has 0 atom stereocenters. The van der Waals surface area contributed by atoms with E-state index in [2.05, 4.69) is 20.7 Å². The van der Waals surface area contributed by atoms with Crippen LogP contribution in [0.2, 0.25) is 5.02 Å². The van der Waals surface area contributed by atoms with Crippen molar-refractivity contribution in [2.45, 2.75) is 4.21 Å². The van der Waals surface area contributed by atoms with E-state index in [9.17, 15) is 8.42 Å². The number of rotatable bonds is 4. The minimum atomic E-state index is -3.64. The first-order chi connectivity index (χ1) is 8.92. The molecule has 0 radical (unpaired) electrons. The van der Waals surface area contributed by atoms with Crippen molar-refractivity contribution < 1.29 is 13.2 Å². The molecule has 2 rings (SSSR count). The lowest BCUT2D eigenvalue weighted by Gasteiger charge is -2.07. The molecule has 8 heteroatoms. The molecule has 0 saturated carbocycles. The standard InChI is InChI=1S/C11H9BrClNO3S2/c1-17-8-4-2-3-7(5-8)14-19(15,16)10-6-9(13)11(12)18-10/h2-6,14H,1H3. The van der Waals surface area contributed by atoms with Gasteiger partial charge in [-0.2, -0.15) is 0 Å². The maximum absolute atomic E-state index is 12.1. The third-order valence-electron chi connectivity index (χ3n) is 2.21. The number of hydrogen-bond donors (Lipinski definition) is 1. The Balaban J connectivity index is 2.30. The van der Waals surface area contributed by atoms with Crippen LogP contribution >= 0.6 is 38.9 Å². The normalized spacial score (nSPS) is 11.3. The fourth-order valence-electron chi connectivity index (χ4n) is 1.35. The highest BCUT2D eigenvalue weighted by molar-refractivity contribution is 9.11. The zero-order chi connectivity index (χ0) is 14.0. The molecule has 102 valence electrons. The summed E-state index contributed by atoms with van der Waals surface area (Å²) in [5.41, 5.74) is 0.431. The lowest BCUT2D eigenvalue weighted by atomic mass is 10.3. The number of halogens is 2. The van der Waals surface area contributed by atoms with E-state index >= 15 is 0 Å². The third kappa shape index (κ3) is 3.42. The molecule has 0 bridgehead atoms. The summed E-state index contributed by atoms with van der Waals surface area (Å²) < 4.78 is 32.5. The van der Waals surface area contributed by atoms with E-state index in [1.165, 1.54) is 13.2 Å². The van der Waals surface area contributed by atoms with Crippen LogP contribution in [0.4, 0.5) is 5.69 Å². The maximum Gasteiger partial charge on any atom is 0.271 e. The molecule has 19 heavy (non-hydrogen) atoms. The van der Waals surface area contributed by atoms with Crippen molar-refractivity contribution in [3.05, 3.63) is 39.1 Å². The van der Waals surface area contributed by atoms with Crippen molar-refractivity contribution in [2.24, 2.45) is 0 Å². The zero-order valence-electron chi connectivity index (χ0n) is 9.68. The van der Waals surface area contributed by atoms with Crippen LogP contribution < -0.4 is 9.46 Å². The predicted octanol–water partition coefficient (Wildman–Crippen LogP) is 3.97. The lowest BCUT2D eigenvalue weighted by molar-refractivity contribution is 0.415. The first-order valence-corrected chi connectivity index (χ1v) is 8.51. The van der Waals surface area contributed by atoms with Crippen molar-refractivity contribution in [2.75, 3.05) is 11.8 Å². The molecule has 1 heterocycles. The number of nitrogens with one attached hydrogen (secondary N) is 1. The molecule has 0 aliphatic carbocycles. The topological polar surface area (TPSA) is 55.4 Å². The fourth-order valence-corrected chi connectivity index (χ4v) is 4.80. The molecule has 2 aromatic rings. The summed E-state index contributed by atoms with van der Waals surface area (Å²) >= 11 is 10.1. The first kappa shape index (κ1) is 14.6. The molecule has 0 unspecified atom stereocenters. The van der Waals surface area contributed by atoms with Gasteiger partial charge in [0.15, 0.2) is 0 Å². The van der Waals surface area contributed by atoms with Gasteiger partial charge in [-0.05, 0) is 34.1 Å². The number of sulfonamides is 1.